The molecule has 0 aromatic carbocycles. The van der Waals surface area contributed by atoms with Crippen molar-refractivity contribution in [2.45, 2.75) is 31.1 Å². The molecule has 3 aromatic heterocycles. The van der Waals surface area contributed by atoms with Gasteiger partial charge in [-0.2, -0.15) is 4.98 Å². The normalized spacial score (nSPS) is 20.2. The van der Waals surface area contributed by atoms with Crippen LogP contribution < -0.4 is 5.73 Å². The number of piperidine rings is 1. The van der Waals surface area contributed by atoms with Gasteiger partial charge >= 0.3 is 0 Å². The van der Waals surface area contributed by atoms with E-state index >= 15 is 0 Å². The molecule has 0 saturated carbocycles. The summed E-state index contributed by atoms with van der Waals surface area (Å²) in [6.07, 6.45) is 8.99. The Labute approximate surface area is 165 Å². The molecule has 5 rings (SSSR count). The lowest BCUT2D eigenvalue weighted by atomic mass is 9.77. The standard InChI is InChI=1S/C17H18N8O.CH2O2/c18-15-20-9-11-3-5-17(12(11)21-15)4-1-7-24(10-17)14(26)13-22-16-19-6-2-8-25(16)23-13;2-1-3/h2,6,8-9H,1,3-5,7,10H2,(H2,18,20,21);1H,(H,2,3). The Hall–Kier alpha value is -3.63. The Balaban J connectivity index is 0.000000645. The van der Waals surface area contributed by atoms with Crippen LogP contribution >= 0.6 is 0 Å². The second-order valence-corrected chi connectivity index (χ2v) is 7.12. The van der Waals surface area contributed by atoms with Gasteiger partial charge < -0.3 is 15.7 Å². The summed E-state index contributed by atoms with van der Waals surface area (Å²) >= 11 is 0. The van der Waals surface area contributed by atoms with Crippen LogP contribution in [0.3, 0.4) is 0 Å². The molecule has 2 aliphatic rings. The smallest absolute Gasteiger partial charge is 0.293 e. The number of amides is 1. The molecule has 1 atom stereocenters. The van der Waals surface area contributed by atoms with Crippen molar-refractivity contribution in [1.29, 1.82) is 0 Å². The number of nitrogens with zero attached hydrogens (tertiary/aromatic N) is 7. The molecule has 1 aliphatic carbocycles. The summed E-state index contributed by atoms with van der Waals surface area (Å²) in [5.41, 5.74) is 7.82. The molecule has 3 N–H and O–H groups in total. The fraction of sp³-hybridized carbons (Fsp3) is 0.389. The summed E-state index contributed by atoms with van der Waals surface area (Å²) in [6.45, 7) is 1.05. The van der Waals surface area contributed by atoms with Gasteiger partial charge in [-0.25, -0.2) is 19.5 Å². The van der Waals surface area contributed by atoms with Gasteiger partial charge in [-0.1, -0.05) is 0 Å². The summed E-state index contributed by atoms with van der Waals surface area (Å²) in [6, 6.07) is 1.76. The van der Waals surface area contributed by atoms with E-state index in [1.165, 1.54) is 4.52 Å². The number of aryl methyl sites for hydroxylation is 1. The van der Waals surface area contributed by atoms with Crippen LogP contribution in [0.1, 0.15) is 41.1 Å². The van der Waals surface area contributed by atoms with Crippen molar-refractivity contribution in [2.75, 3.05) is 18.8 Å². The van der Waals surface area contributed by atoms with Gasteiger partial charge in [0.1, 0.15) is 0 Å². The van der Waals surface area contributed by atoms with Crippen molar-refractivity contribution < 1.29 is 14.7 Å². The number of nitrogens with two attached hydrogens (primary N) is 1. The van der Waals surface area contributed by atoms with Crippen LogP contribution in [0.15, 0.2) is 24.7 Å². The molecule has 1 amide bonds. The van der Waals surface area contributed by atoms with Crippen LogP contribution in [0, 0.1) is 0 Å². The van der Waals surface area contributed by atoms with E-state index in [1.807, 2.05) is 11.1 Å². The van der Waals surface area contributed by atoms with E-state index in [0.717, 1.165) is 36.9 Å². The Morgan fingerprint density at radius 3 is 2.90 bits per heavy atom. The maximum atomic E-state index is 13.0. The lowest BCUT2D eigenvalue weighted by molar-refractivity contribution is -0.122. The van der Waals surface area contributed by atoms with Crippen molar-refractivity contribution in [3.05, 3.63) is 41.7 Å². The predicted molar refractivity (Wildman–Crippen MR) is 101 cm³/mol. The average Bonchev–Trinajstić information content (AvgIpc) is 3.30. The molecule has 0 radical (unpaired) electrons. The number of likely N-dealkylation sites (tertiary alicyclic amines) is 1. The molecular formula is C18H20N8O3. The predicted octanol–water partition coefficient (Wildman–Crippen LogP) is 0.317. The Morgan fingerprint density at radius 1 is 1.28 bits per heavy atom. The summed E-state index contributed by atoms with van der Waals surface area (Å²) in [5, 5.41) is 11.2. The Kier molecular flexibility index (Phi) is 4.79. The number of anilines is 1. The highest BCUT2D eigenvalue weighted by Gasteiger charge is 2.45. The maximum absolute atomic E-state index is 13.0. The van der Waals surface area contributed by atoms with Gasteiger partial charge in [0.05, 0.1) is 5.69 Å². The number of fused-ring (bicyclic) bond motifs is 3. The number of nitrogen functional groups attached to an aromatic ring is 1. The molecule has 29 heavy (non-hydrogen) atoms. The zero-order valence-corrected chi connectivity index (χ0v) is 15.6. The SMILES string of the molecule is Nc1ncc2c(n1)C1(CCCN(C(=O)c3nc4ncccn4n3)C1)CC2.O=CO. The summed E-state index contributed by atoms with van der Waals surface area (Å²) in [7, 11) is 0. The molecule has 4 heterocycles. The van der Waals surface area contributed by atoms with Gasteiger partial charge in [-0.05, 0) is 37.3 Å². The van der Waals surface area contributed by atoms with Crippen LogP contribution in [-0.2, 0) is 16.6 Å². The largest absolute Gasteiger partial charge is 0.483 e. The fourth-order valence-electron chi connectivity index (χ4n) is 4.22. The number of rotatable bonds is 1. The summed E-state index contributed by atoms with van der Waals surface area (Å²) in [5.74, 6) is 0.738. The van der Waals surface area contributed by atoms with Crippen molar-refractivity contribution >= 4 is 24.1 Å². The third-order valence-corrected chi connectivity index (χ3v) is 5.43. The van der Waals surface area contributed by atoms with E-state index < -0.39 is 0 Å². The third-order valence-electron chi connectivity index (χ3n) is 5.43. The van der Waals surface area contributed by atoms with Crippen LogP contribution in [0.5, 0.6) is 0 Å². The van der Waals surface area contributed by atoms with Crippen molar-refractivity contribution in [2.24, 2.45) is 0 Å². The van der Waals surface area contributed by atoms with Gasteiger partial charge in [0.25, 0.3) is 18.2 Å². The summed E-state index contributed by atoms with van der Waals surface area (Å²) < 4.78 is 1.52. The molecule has 1 saturated heterocycles. The van der Waals surface area contributed by atoms with Gasteiger partial charge in [0.2, 0.25) is 11.8 Å². The van der Waals surface area contributed by atoms with E-state index in [1.54, 1.807) is 18.5 Å². The van der Waals surface area contributed by atoms with Crippen LogP contribution in [0.4, 0.5) is 5.95 Å². The molecule has 3 aromatic rings. The molecule has 150 valence electrons. The number of carbonyl (C=O) groups is 2. The van der Waals surface area contributed by atoms with Crippen LogP contribution in [0.2, 0.25) is 0 Å². The minimum atomic E-state index is -0.250. The molecule has 1 fully saturated rings. The first kappa shape index (κ1) is 18.7. The second kappa shape index (κ2) is 7.41. The first-order valence-electron chi connectivity index (χ1n) is 9.23. The molecule has 0 bridgehead atoms. The van der Waals surface area contributed by atoms with E-state index in [0.29, 0.717) is 24.8 Å². The van der Waals surface area contributed by atoms with Gasteiger partial charge in [-0.15, -0.1) is 5.10 Å². The van der Waals surface area contributed by atoms with E-state index in [2.05, 4.69) is 25.0 Å². The summed E-state index contributed by atoms with van der Waals surface area (Å²) in [4.78, 5) is 40.2. The van der Waals surface area contributed by atoms with E-state index in [-0.39, 0.29) is 23.6 Å². The minimum Gasteiger partial charge on any atom is -0.483 e. The molecule has 11 heteroatoms. The lowest BCUT2D eigenvalue weighted by Gasteiger charge is -2.40. The number of aromatic nitrogens is 6. The lowest BCUT2D eigenvalue weighted by Crippen LogP contribution is -2.48. The molecule has 11 nitrogen and oxygen atoms in total. The number of hydrogen-bond acceptors (Lipinski definition) is 8. The van der Waals surface area contributed by atoms with Crippen molar-refractivity contribution in [3.8, 4) is 0 Å². The van der Waals surface area contributed by atoms with Crippen molar-refractivity contribution in [3.63, 3.8) is 0 Å². The van der Waals surface area contributed by atoms with Gasteiger partial charge in [0, 0.05) is 37.1 Å². The maximum Gasteiger partial charge on any atom is 0.293 e. The quantitative estimate of drug-likeness (QED) is 0.554. The zero-order chi connectivity index (χ0) is 20.4. The molecule has 1 aliphatic heterocycles. The van der Waals surface area contributed by atoms with E-state index in [4.69, 9.17) is 15.6 Å². The number of carbonyl (C=O) groups excluding carboxylic acids is 1. The minimum absolute atomic E-state index is 0.141. The number of carboxylic acid groups (broad SMARTS) is 1. The van der Waals surface area contributed by atoms with Gasteiger partial charge in [-0.3, -0.25) is 9.59 Å². The molecule has 1 unspecified atom stereocenters. The topological polar surface area (TPSA) is 152 Å². The highest BCUT2D eigenvalue weighted by atomic mass is 16.3. The highest BCUT2D eigenvalue weighted by molar-refractivity contribution is 5.91. The first-order valence-corrected chi connectivity index (χ1v) is 9.23. The van der Waals surface area contributed by atoms with Gasteiger partial charge in [0.15, 0.2) is 0 Å². The second-order valence-electron chi connectivity index (χ2n) is 7.12. The Bertz CT molecular complexity index is 1030. The fourth-order valence-corrected chi connectivity index (χ4v) is 4.22. The van der Waals surface area contributed by atoms with E-state index in [9.17, 15) is 4.79 Å². The highest BCUT2D eigenvalue weighted by Crippen LogP contribution is 2.44. The Morgan fingerprint density at radius 2 is 2.10 bits per heavy atom. The van der Waals surface area contributed by atoms with Crippen LogP contribution in [-0.4, -0.2) is 65.0 Å². The third kappa shape index (κ3) is 3.35. The van der Waals surface area contributed by atoms with Crippen molar-refractivity contribution in [1.82, 2.24) is 34.4 Å². The molecular weight excluding hydrogens is 376 g/mol. The first-order chi connectivity index (χ1) is 14.1. The molecule has 1 spiro atoms. The van der Waals surface area contributed by atoms with Crippen LogP contribution in [0.25, 0.3) is 5.78 Å². The average molecular weight is 396 g/mol. The monoisotopic (exact) mass is 396 g/mol. The zero-order valence-electron chi connectivity index (χ0n) is 15.6. The number of hydrogen-bond donors (Lipinski definition) is 2.